The van der Waals surface area contributed by atoms with Gasteiger partial charge in [-0.2, -0.15) is 0 Å². The third kappa shape index (κ3) is 5.04. The molecular formula is C19H15BrCl2N2O4. The molecule has 1 heterocycles. The fraction of sp³-hybridized carbons (Fsp3) is 0.211. The van der Waals surface area contributed by atoms with E-state index in [-0.39, 0.29) is 18.9 Å². The van der Waals surface area contributed by atoms with Gasteiger partial charge in [0.2, 0.25) is 5.91 Å². The Morgan fingerprint density at radius 2 is 1.86 bits per heavy atom. The highest BCUT2D eigenvalue weighted by molar-refractivity contribution is 9.10. The lowest BCUT2D eigenvalue weighted by Gasteiger charge is -2.16. The van der Waals surface area contributed by atoms with E-state index in [1.54, 1.807) is 24.3 Å². The third-order valence-electron chi connectivity index (χ3n) is 4.15. The topological polar surface area (TPSA) is 75.7 Å². The van der Waals surface area contributed by atoms with Crippen LogP contribution in [0.1, 0.15) is 6.42 Å². The summed E-state index contributed by atoms with van der Waals surface area (Å²) in [5.74, 6) is -1.88. The molecule has 1 fully saturated rings. The molecule has 0 saturated carbocycles. The second-order valence-corrected chi connectivity index (χ2v) is 7.90. The molecule has 2 aromatic carbocycles. The van der Waals surface area contributed by atoms with E-state index in [2.05, 4.69) is 21.2 Å². The average Bonchev–Trinajstić information content (AvgIpc) is 3.05. The van der Waals surface area contributed by atoms with Crippen molar-refractivity contribution in [2.45, 2.75) is 6.42 Å². The van der Waals surface area contributed by atoms with Crippen molar-refractivity contribution in [3.63, 3.8) is 0 Å². The standard InChI is InChI=1S/C19H15BrCl2N2O4/c20-12-1-4-14(5-2-12)24-9-11(7-18(24)26)19(27)28-10-17(25)23-13-3-6-15(21)16(22)8-13/h1-6,8,11H,7,9-10H2,(H,23,25)/t11-/m0/s1. The summed E-state index contributed by atoms with van der Waals surface area (Å²) in [5, 5.41) is 3.23. The van der Waals surface area contributed by atoms with E-state index in [9.17, 15) is 14.4 Å². The fourth-order valence-corrected chi connectivity index (χ4v) is 3.32. The number of anilines is 2. The number of nitrogens with one attached hydrogen (secondary N) is 1. The quantitative estimate of drug-likeness (QED) is 0.641. The van der Waals surface area contributed by atoms with E-state index in [1.165, 1.54) is 11.0 Å². The van der Waals surface area contributed by atoms with E-state index in [0.29, 0.717) is 21.4 Å². The summed E-state index contributed by atoms with van der Waals surface area (Å²) in [6, 6.07) is 11.9. The zero-order chi connectivity index (χ0) is 20.3. The zero-order valence-corrected chi connectivity index (χ0v) is 17.6. The molecule has 3 rings (SSSR count). The Hall–Kier alpha value is -2.09. The number of hydrogen-bond donors (Lipinski definition) is 1. The lowest BCUT2D eigenvalue weighted by atomic mass is 10.1. The van der Waals surface area contributed by atoms with Crippen molar-refractivity contribution < 1.29 is 19.1 Å². The number of benzene rings is 2. The first-order valence-electron chi connectivity index (χ1n) is 8.31. The first-order chi connectivity index (χ1) is 13.3. The van der Waals surface area contributed by atoms with Gasteiger partial charge < -0.3 is 15.0 Å². The number of hydrogen-bond acceptors (Lipinski definition) is 4. The van der Waals surface area contributed by atoms with Crippen LogP contribution < -0.4 is 10.2 Å². The summed E-state index contributed by atoms with van der Waals surface area (Å²) in [7, 11) is 0. The summed E-state index contributed by atoms with van der Waals surface area (Å²) >= 11 is 15.0. The van der Waals surface area contributed by atoms with Gasteiger partial charge in [0.15, 0.2) is 6.61 Å². The van der Waals surface area contributed by atoms with Crippen LogP contribution in [-0.4, -0.2) is 30.9 Å². The smallest absolute Gasteiger partial charge is 0.311 e. The van der Waals surface area contributed by atoms with Crippen molar-refractivity contribution in [2.24, 2.45) is 5.92 Å². The minimum Gasteiger partial charge on any atom is -0.455 e. The zero-order valence-electron chi connectivity index (χ0n) is 14.5. The molecular weight excluding hydrogens is 471 g/mol. The molecule has 1 atom stereocenters. The Morgan fingerprint density at radius 3 is 2.54 bits per heavy atom. The van der Waals surface area contributed by atoms with E-state index < -0.39 is 24.4 Å². The van der Waals surface area contributed by atoms with Gasteiger partial charge in [0.25, 0.3) is 5.91 Å². The van der Waals surface area contributed by atoms with Crippen molar-refractivity contribution in [3.05, 3.63) is 57.0 Å². The summed E-state index contributed by atoms with van der Waals surface area (Å²) in [4.78, 5) is 38.0. The van der Waals surface area contributed by atoms with Crippen LogP contribution in [0, 0.1) is 5.92 Å². The van der Waals surface area contributed by atoms with Gasteiger partial charge in [-0.15, -0.1) is 0 Å². The summed E-state index contributed by atoms with van der Waals surface area (Å²) in [6.07, 6.45) is 0.0449. The van der Waals surface area contributed by atoms with Crippen LogP contribution in [0.4, 0.5) is 11.4 Å². The number of esters is 1. The van der Waals surface area contributed by atoms with Gasteiger partial charge in [-0.25, -0.2) is 0 Å². The average molecular weight is 486 g/mol. The van der Waals surface area contributed by atoms with Crippen molar-refractivity contribution in [1.82, 2.24) is 0 Å². The number of amides is 2. The predicted molar refractivity (Wildman–Crippen MR) is 111 cm³/mol. The van der Waals surface area contributed by atoms with Gasteiger partial charge in [0, 0.05) is 28.8 Å². The third-order valence-corrected chi connectivity index (χ3v) is 5.41. The number of carbonyl (C=O) groups excluding carboxylic acids is 3. The van der Waals surface area contributed by atoms with Crippen LogP contribution in [0.15, 0.2) is 46.9 Å². The maximum Gasteiger partial charge on any atom is 0.311 e. The highest BCUT2D eigenvalue weighted by Gasteiger charge is 2.36. The van der Waals surface area contributed by atoms with Gasteiger partial charge in [0.05, 0.1) is 16.0 Å². The number of ether oxygens (including phenoxy) is 1. The molecule has 28 heavy (non-hydrogen) atoms. The van der Waals surface area contributed by atoms with Gasteiger partial charge in [-0.05, 0) is 42.5 Å². The van der Waals surface area contributed by atoms with E-state index >= 15 is 0 Å². The lowest BCUT2D eigenvalue weighted by molar-refractivity contribution is -0.151. The summed E-state index contributed by atoms with van der Waals surface area (Å²) in [6.45, 7) is -0.240. The monoisotopic (exact) mass is 484 g/mol. The normalized spacial score (nSPS) is 16.2. The van der Waals surface area contributed by atoms with E-state index in [1.807, 2.05) is 12.1 Å². The molecule has 146 valence electrons. The number of halogens is 3. The minimum absolute atomic E-state index is 0.0449. The minimum atomic E-state index is -0.617. The molecule has 0 bridgehead atoms. The molecule has 0 aliphatic carbocycles. The molecule has 0 unspecified atom stereocenters. The highest BCUT2D eigenvalue weighted by atomic mass is 79.9. The Labute approximate surface area is 179 Å². The maximum atomic E-state index is 12.3. The van der Waals surface area contributed by atoms with Crippen molar-refractivity contribution in [2.75, 3.05) is 23.4 Å². The Kier molecular flexibility index (Phi) is 6.59. The molecule has 1 N–H and O–H groups in total. The van der Waals surface area contributed by atoms with Crippen LogP contribution in [0.3, 0.4) is 0 Å². The molecule has 0 radical (unpaired) electrons. The first kappa shape index (κ1) is 20.6. The fourth-order valence-electron chi connectivity index (χ4n) is 2.76. The van der Waals surface area contributed by atoms with Crippen LogP contribution in [0.5, 0.6) is 0 Å². The maximum absolute atomic E-state index is 12.3. The number of rotatable bonds is 5. The highest BCUT2D eigenvalue weighted by Crippen LogP contribution is 2.27. The molecule has 2 amide bonds. The molecule has 6 nitrogen and oxygen atoms in total. The van der Waals surface area contributed by atoms with E-state index in [0.717, 1.165) is 4.47 Å². The summed E-state index contributed by atoms with van der Waals surface area (Å²) < 4.78 is 5.96. The van der Waals surface area contributed by atoms with Crippen LogP contribution in [0.25, 0.3) is 0 Å². The second-order valence-electron chi connectivity index (χ2n) is 6.17. The Bertz CT molecular complexity index is 921. The van der Waals surface area contributed by atoms with Gasteiger partial charge in [0.1, 0.15) is 0 Å². The lowest BCUT2D eigenvalue weighted by Crippen LogP contribution is -2.28. The molecule has 1 saturated heterocycles. The van der Waals surface area contributed by atoms with Crippen molar-refractivity contribution >= 4 is 68.3 Å². The van der Waals surface area contributed by atoms with Gasteiger partial charge >= 0.3 is 5.97 Å². The molecule has 1 aliphatic rings. The second kappa shape index (κ2) is 8.94. The molecule has 1 aliphatic heterocycles. The SMILES string of the molecule is O=C(COC(=O)[C@H]1CC(=O)N(c2ccc(Br)cc2)C1)Nc1ccc(Cl)c(Cl)c1. The molecule has 0 spiro atoms. The van der Waals surface area contributed by atoms with Crippen LogP contribution in [0.2, 0.25) is 10.0 Å². The van der Waals surface area contributed by atoms with Crippen LogP contribution in [-0.2, 0) is 19.1 Å². The van der Waals surface area contributed by atoms with Gasteiger partial charge in [-0.1, -0.05) is 39.1 Å². The predicted octanol–water partition coefficient (Wildman–Crippen LogP) is 4.29. The van der Waals surface area contributed by atoms with Crippen molar-refractivity contribution in [1.29, 1.82) is 0 Å². The molecule has 2 aromatic rings. The first-order valence-corrected chi connectivity index (χ1v) is 9.86. The molecule has 9 heteroatoms. The largest absolute Gasteiger partial charge is 0.455 e. The Morgan fingerprint density at radius 1 is 1.14 bits per heavy atom. The Balaban J connectivity index is 1.52. The van der Waals surface area contributed by atoms with E-state index in [4.69, 9.17) is 27.9 Å². The van der Waals surface area contributed by atoms with Gasteiger partial charge in [-0.3, -0.25) is 14.4 Å². The summed E-state index contributed by atoms with van der Waals surface area (Å²) in [5.41, 5.74) is 1.15. The number of nitrogens with zero attached hydrogens (tertiary/aromatic N) is 1. The molecule has 0 aromatic heterocycles. The van der Waals surface area contributed by atoms with Crippen LogP contribution >= 0.6 is 39.1 Å². The number of carbonyl (C=O) groups is 3. The van der Waals surface area contributed by atoms with Crippen molar-refractivity contribution in [3.8, 4) is 0 Å².